The Hall–Kier alpha value is -4.72. The molecule has 4 aromatic carbocycles. The standard InChI is InChI=1S/C25H18N2O6/c28-24-7-3-1-5-20(24)18-11-9-16(14-22(18)26(30)31)13-17-10-12-19(23(15-17)27(32)33)21-6-2-4-8-25(21)29/h1-12,14-15,28-29H,13H2. The first-order chi connectivity index (χ1) is 15.8. The van der Waals surface area contributed by atoms with E-state index in [4.69, 9.17) is 0 Å². The molecule has 0 unspecified atom stereocenters. The summed E-state index contributed by atoms with van der Waals surface area (Å²) < 4.78 is 0. The minimum Gasteiger partial charge on any atom is -0.507 e. The van der Waals surface area contributed by atoms with Crippen molar-refractivity contribution in [1.82, 2.24) is 0 Å². The number of para-hydroxylation sites is 2. The highest BCUT2D eigenvalue weighted by Gasteiger charge is 2.21. The average molecular weight is 442 g/mol. The molecule has 0 radical (unpaired) electrons. The molecular weight excluding hydrogens is 424 g/mol. The molecule has 4 aromatic rings. The second-order valence-corrected chi connectivity index (χ2v) is 7.43. The van der Waals surface area contributed by atoms with Gasteiger partial charge in [-0.05, 0) is 41.8 Å². The smallest absolute Gasteiger partial charge is 0.277 e. The summed E-state index contributed by atoms with van der Waals surface area (Å²) in [7, 11) is 0. The Bertz CT molecular complexity index is 1280. The molecule has 33 heavy (non-hydrogen) atoms. The topological polar surface area (TPSA) is 127 Å². The van der Waals surface area contributed by atoms with Crippen LogP contribution in [0.3, 0.4) is 0 Å². The number of hydrogen-bond acceptors (Lipinski definition) is 6. The van der Waals surface area contributed by atoms with Crippen molar-refractivity contribution in [3.05, 3.63) is 116 Å². The van der Waals surface area contributed by atoms with E-state index >= 15 is 0 Å². The first-order valence-electron chi connectivity index (χ1n) is 9.96. The minimum absolute atomic E-state index is 0.0660. The van der Waals surface area contributed by atoms with Gasteiger partial charge in [-0.1, -0.05) is 48.5 Å². The molecule has 0 fully saturated rings. The van der Waals surface area contributed by atoms with Crippen molar-refractivity contribution in [2.75, 3.05) is 0 Å². The van der Waals surface area contributed by atoms with Crippen molar-refractivity contribution in [2.24, 2.45) is 0 Å². The third-order valence-corrected chi connectivity index (χ3v) is 5.31. The van der Waals surface area contributed by atoms with Crippen LogP contribution in [0.5, 0.6) is 11.5 Å². The number of rotatable bonds is 6. The highest BCUT2D eigenvalue weighted by Crippen LogP contribution is 2.38. The van der Waals surface area contributed by atoms with Gasteiger partial charge < -0.3 is 10.2 Å². The van der Waals surface area contributed by atoms with Gasteiger partial charge in [0.1, 0.15) is 11.5 Å². The van der Waals surface area contributed by atoms with Crippen LogP contribution in [0, 0.1) is 20.2 Å². The fourth-order valence-electron chi connectivity index (χ4n) is 3.77. The SMILES string of the molecule is O=[N+]([O-])c1cc(Cc2ccc(-c3ccccc3O)c([N+](=O)[O-])c2)ccc1-c1ccccc1O. The van der Waals surface area contributed by atoms with Gasteiger partial charge >= 0.3 is 0 Å². The van der Waals surface area contributed by atoms with Gasteiger partial charge in [0, 0.05) is 23.3 Å². The molecule has 4 rings (SSSR count). The van der Waals surface area contributed by atoms with Crippen molar-refractivity contribution in [2.45, 2.75) is 6.42 Å². The minimum atomic E-state index is -0.519. The van der Waals surface area contributed by atoms with Crippen LogP contribution in [-0.4, -0.2) is 20.1 Å². The lowest BCUT2D eigenvalue weighted by molar-refractivity contribution is -0.384. The molecule has 0 atom stereocenters. The molecule has 0 aromatic heterocycles. The predicted molar refractivity (Wildman–Crippen MR) is 123 cm³/mol. The molecule has 0 aliphatic heterocycles. The quantitative estimate of drug-likeness (QED) is 0.285. The molecule has 0 aliphatic carbocycles. The molecule has 8 nitrogen and oxygen atoms in total. The summed E-state index contributed by atoms with van der Waals surface area (Å²) in [5.74, 6) is -0.132. The van der Waals surface area contributed by atoms with Crippen molar-refractivity contribution >= 4 is 11.4 Å². The third-order valence-electron chi connectivity index (χ3n) is 5.31. The van der Waals surface area contributed by atoms with Gasteiger partial charge in [-0.25, -0.2) is 0 Å². The van der Waals surface area contributed by atoms with E-state index in [9.17, 15) is 30.4 Å². The fraction of sp³-hybridized carbons (Fsp3) is 0.0400. The molecule has 8 heteroatoms. The van der Waals surface area contributed by atoms with E-state index in [2.05, 4.69) is 0 Å². The van der Waals surface area contributed by atoms with E-state index in [0.717, 1.165) is 0 Å². The molecule has 0 bridgehead atoms. The van der Waals surface area contributed by atoms with Crippen LogP contribution in [-0.2, 0) is 6.42 Å². The van der Waals surface area contributed by atoms with Crippen LogP contribution in [0.2, 0.25) is 0 Å². The highest BCUT2D eigenvalue weighted by molar-refractivity contribution is 5.79. The van der Waals surface area contributed by atoms with Crippen molar-refractivity contribution in [3.8, 4) is 33.8 Å². The maximum Gasteiger partial charge on any atom is 0.277 e. The second-order valence-electron chi connectivity index (χ2n) is 7.43. The number of nitro benzene ring substituents is 2. The number of phenolic OH excluding ortho intramolecular Hbond substituents is 2. The van der Waals surface area contributed by atoms with Crippen LogP contribution in [0.4, 0.5) is 11.4 Å². The van der Waals surface area contributed by atoms with E-state index < -0.39 is 9.85 Å². The maximum absolute atomic E-state index is 11.7. The maximum atomic E-state index is 11.7. The molecule has 2 N–H and O–H groups in total. The lowest BCUT2D eigenvalue weighted by atomic mass is 9.96. The Kier molecular flexibility index (Phi) is 5.73. The van der Waals surface area contributed by atoms with E-state index in [0.29, 0.717) is 22.3 Å². The normalized spacial score (nSPS) is 10.7. The van der Waals surface area contributed by atoms with E-state index in [1.54, 1.807) is 60.7 Å². The molecule has 0 aliphatic rings. The average Bonchev–Trinajstić information content (AvgIpc) is 2.80. The predicted octanol–water partition coefficient (Wildman–Crippen LogP) is 5.84. The number of benzene rings is 4. The summed E-state index contributed by atoms with van der Waals surface area (Å²) in [4.78, 5) is 22.4. The molecule has 0 heterocycles. The third kappa shape index (κ3) is 4.35. The number of hydrogen-bond donors (Lipinski definition) is 2. The Morgan fingerprint density at radius 1 is 0.576 bits per heavy atom. The van der Waals surface area contributed by atoms with Gasteiger partial charge in [0.25, 0.3) is 11.4 Å². The first-order valence-corrected chi connectivity index (χ1v) is 9.96. The van der Waals surface area contributed by atoms with Gasteiger partial charge in [-0.15, -0.1) is 0 Å². The number of nitrogens with zero attached hydrogens (tertiary/aromatic N) is 2. The summed E-state index contributed by atoms with van der Waals surface area (Å²) >= 11 is 0. The molecule has 0 spiro atoms. The van der Waals surface area contributed by atoms with Crippen molar-refractivity contribution in [3.63, 3.8) is 0 Å². The number of phenols is 2. The Balaban J connectivity index is 1.72. The van der Waals surface area contributed by atoms with E-state index in [1.807, 2.05) is 0 Å². The summed E-state index contributed by atoms with van der Waals surface area (Å²) in [6.07, 6.45) is 0.226. The zero-order valence-corrected chi connectivity index (χ0v) is 17.2. The van der Waals surface area contributed by atoms with Gasteiger partial charge in [-0.3, -0.25) is 20.2 Å². The summed E-state index contributed by atoms with van der Waals surface area (Å²) in [5, 5.41) is 43.6. The number of aromatic hydroxyl groups is 2. The second kappa shape index (κ2) is 8.80. The van der Waals surface area contributed by atoms with E-state index in [-0.39, 0.29) is 40.4 Å². The summed E-state index contributed by atoms with van der Waals surface area (Å²) in [5.41, 5.74) is 2.09. The summed E-state index contributed by atoms with van der Waals surface area (Å²) in [6, 6.07) is 22.0. The van der Waals surface area contributed by atoms with E-state index in [1.165, 1.54) is 24.3 Å². The van der Waals surface area contributed by atoms with Crippen LogP contribution in [0.15, 0.2) is 84.9 Å². The molecule has 164 valence electrons. The van der Waals surface area contributed by atoms with Gasteiger partial charge in [0.15, 0.2) is 0 Å². The van der Waals surface area contributed by atoms with Crippen LogP contribution < -0.4 is 0 Å². The van der Waals surface area contributed by atoms with Gasteiger partial charge in [-0.2, -0.15) is 0 Å². The molecule has 0 saturated carbocycles. The summed E-state index contributed by atoms with van der Waals surface area (Å²) in [6.45, 7) is 0. The fourth-order valence-corrected chi connectivity index (χ4v) is 3.77. The zero-order valence-electron chi connectivity index (χ0n) is 17.2. The van der Waals surface area contributed by atoms with Crippen molar-refractivity contribution < 1.29 is 20.1 Å². The lowest BCUT2D eigenvalue weighted by Crippen LogP contribution is -1.98. The lowest BCUT2D eigenvalue weighted by Gasteiger charge is -2.10. The van der Waals surface area contributed by atoms with Crippen LogP contribution in [0.1, 0.15) is 11.1 Å². The number of nitro groups is 2. The molecule has 0 amide bonds. The highest BCUT2D eigenvalue weighted by atomic mass is 16.6. The molecular formula is C25H18N2O6. The monoisotopic (exact) mass is 442 g/mol. The Labute approximate surface area is 188 Å². The molecule has 0 saturated heterocycles. The van der Waals surface area contributed by atoms with Crippen LogP contribution >= 0.6 is 0 Å². The Morgan fingerprint density at radius 2 is 0.970 bits per heavy atom. The largest absolute Gasteiger partial charge is 0.507 e. The van der Waals surface area contributed by atoms with Crippen LogP contribution in [0.25, 0.3) is 22.3 Å². The zero-order chi connectivity index (χ0) is 23.5. The van der Waals surface area contributed by atoms with Gasteiger partial charge in [0.2, 0.25) is 0 Å². The first kappa shape index (κ1) is 21.5. The van der Waals surface area contributed by atoms with Crippen molar-refractivity contribution in [1.29, 1.82) is 0 Å². The van der Waals surface area contributed by atoms with Gasteiger partial charge in [0.05, 0.1) is 21.0 Å². The Morgan fingerprint density at radius 3 is 1.33 bits per heavy atom.